The molecule has 196 valence electrons. The van der Waals surface area contributed by atoms with Crippen molar-refractivity contribution < 1.29 is 4.79 Å². The Morgan fingerprint density at radius 3 is 2.65 bits per heavy atom. The molecule has 8 rings (SSSR count). The Balaban J connectivity index is 1.23. The van der Waals surface area contributed by atoms with Crippen molar-refractivity contribution in [3.8, 4) is 22.5 Å². The predicted molar refractivity (Wildman–Crippen MR) is 154 cm³/mol. The number of H-pyrrole nitrogens is 1. The molecule has 8 heteroatoms. The molecule has 0 saturated carbocycles. The van der Waals surface area contributed by atoms with E-state index >= 15 is 0 Å². The topological polar surface area (TPSA) is 109 Å². The zero-order chi connectivity index (χ0) is 27.3. The molecule has 8 nitrogen and oxygen atoms in total. The van der Waals surface area contributed by atoms with Crippen LogP contribution in [0.3, 0.4) is 0 Å². The second-order valence-electron chi connectivity index (χ2n) is 10.7. The average molecular weight is 526 g/mol. The lowest BCUT2D eigenvalue weighted by Gasteiger charge is -2.54. The molecule has 3 atom stereocenters. The molecule has 3 unspecified atom stereocenters. The first kappa shape index (κ1) is 24.1. The Morgan fingerprint density at radius 2 is 1.80 bits per heavy atom. The van der Waals surface area contributed by atoms with Gasteiger partial charge in [0.2, 0.25) is 11.9 Å². The Labute approximate surface area is 231 Å². The van der Waals surface area contributed by atoms with Crippen LogP contribution in [0.1, 0.15) is 41.6 Å². The Bertz CT molecular complexity index is 1730. The number of aliphatic imine (C=N–C) groups is 1. The summed E-state index contributed by atoms with van der Waals surface area (Å²) in [4.78, 5) is 32.3. The van der Waals surface area contributed by atoms with Gasteiger partial charge in [0, 0.05) is 48.9 Å². The SMILES string of the molecule is CN=CC12CC(C)(C(=O)Nc3n[nH]c(-c4cccc(-c5cccnc5)c4)n3)C(c3ccccc31)c1cccnc12. The second-order valence-corrected chi connectivity index (χ2v) is 10.7. The number of benzene rings is 2. The minimum absolute atomic E-state index is 0.134. The number of carbonyl (C=O) groups is 1. The summed E-state index contributed by atoms with van der Waals surface area (Å²) in [6, 6.07) is 24.3. The third kappa shape index (κ3) is 3.52. The summed E-state index contributed by atoms with van der Waals surface area (Å²) in [7, 11) is 1.77. The molecular formula is C32H27N7O. The van der Waals surface area contributed by atoms with Gasteiger partial charge < -0.3 is 0 Å². The molecule has 0 radical (unpaired) electrons. The molecule has 3 aromatic heterocycles. The zero-order valence-electron chi connectivity index (χ0n) is 22.2. The summed E-state index contributed by atoms with van der Waals surface area (Å²) < 4.78 is 0. The number of amides is 1. The number of hydrogen-bond donors (Lipinski definition) is 2. The van der Waals surface area contributed by atoms with Crippen LogP contribution in [0.4, 0.5) is 5.95 Å². The molecule has 2 N–H and O–H groups in total. The lowest BCUT2D eigenvalue weighted by atomic mass is 9.48. The Hall–Kier alpha value is -4.98. The number of nitrogens with one attached hydrogen (secondary N) is 2. The van der Waals surface area contributed by atoms with E-state index in [4.69, 9.17) is 4.98 Å². The van der Waals surface area contributed by atoms with Crippen LogP contribution in [0.2, 0.25) is 0 Å². The first-order chi connectivity index (χ1) is 19.5. The molecule has 2 bridgehead atoms. The maximum atomic E-state index is 14.2. The van der Waals surface area contributed by atoms with E-state index in [1.165, 1.54) is 0 Å². The van der Waals surface area contributed by atoms with E-state index in [1.807, 2.05) is 80.1 Å². The molecule has 3 aliphatic rings. The number of nitrogens with zero attached hydrogens (tertiary/aromatic N) is 5. The van der Waals surface area contributed by atoms with Crippen LogP contribution in [-0.2, 0) is 10.2 Å². The van der Waals surface area contributed by atoms with Gasteiger partial charge in [-0.05, 0) is 53.8 Å². The Morgan fingerprint density at radius 1 is 1.00 bits per heavy atom. The number of anilines is 1. The van der Waals surface area contributed by atoms with E-state index in [1.54, 1.807) is 13.2 Å². The van der Waals surface area contributed by atoms with Gasteiger partial charge in [-0.25, -0.2) is 0 Å². The van der Waals surface area contributed by atoms with Crippen molar-refractivity contribution in [2.45, 2.75) is 24.7 Å². The number of aromatic amines is 1. The van der Waals surface area contributed by atoms with E-state index in [0.717, 1.165) is 39.1 Å². The van der Waals surface area contributed by atoms with Gasteiger partial charge in [0.15, 0.2) is 5.82 Å². The summed E-state index contributed by atoms with van der Waals surface area (Å²) in [6.07, 6.45) is 7.90. The van der Waals surface area contributed by atoms with E-state index < -0.39 is 10.8 Å². The highest BCUT2D eigenvalue weighted by Gasteiger charge is 2.60. The van der Waals surface area contributed by atoms with Crippen molar-refractivity contribution in [2.75, 3.05) is 12.4 Å². The molecule has 0 fully saturated rings. The molecule has 2 aromatic carbocycles. The third-order valence-electron chi connectivity index (χ3n) is 8.32. The van der Waals surface area contributed by atoms with E-state index in [-0.39, 0.29) is 17.8 Å². The molecule has 3 aliphatic carbocycles. The summed E-state index contributed by atoms with van der Waals surface area (Å²) in [6.45, 7) is 2.03. The molecule has 1 amide bonds. The monoisotopic (exact) mass is 525 g/mol. The lowest BCUT2D eigenvalue weighted by molar-refractivity contribution is -0.127. The Kier molecular flexibility index (Phi) is 5.45. The summed E-state index contributed by atoms with van der Waals surface area (Å²) in [5, 5.41) is 10.4. The molecule has 0 spiro atoms. The third-order valence-corrected chi connectivity index (χ3v) is 8.32. The number of fused-ring (bicyclic) bond motifs is 1. The fraction of sp³-hybridized carbons (Fsp3) is 0.188. The van der Waals surface area contributed by atoms with Gasteiger partial charge in [-0.15, -0.1) is 5.10 Å². The van der Waals surface area contributed by atoms with Crippen molar-refractivity contribution >= 4 is 18.1 Å². The van der Waals surface area contributed by atoms with E-state index in [0.29, 0.717) is 12.2 Å². The van der Waals surface area contributed by atoms with Gasteiger partial charge in [-0.3, -0.25) is 30.2 Å². The minimum Gasteiger partial charge on any atom is -0.299 e. The van der Waals surface area contributed by atoms with Gasteiger partial charge in [-0.2, -0.15) is 4.98 Å². The fourth-order valence-corrected chi connectivity index (χ4v) is 6.70. The van der Waals surface area contributed by atoms with Crippen LogP contribution in [0.5, 0.6) is 0 Å². The number of aromatic nitrogens is 5. The summed E-state index contributed by atoms with van der Waals surface area (Å²) in [5.41, 5.74) is 5.85. The fourth-order valence-electron chi connectivity index (χ4n) is 6.70. The standard InChI is InChI=1S/C32H27N7O/c1-31(18-32(19-33-2)25-13-4-3-11-23(25)26(31)24-12-7-15-35-27(24)32)29(40)37-30-36-28(38-39-30)21-9-5-8-20(16-21)22-10-6-14-34-17-22/h3-17,19,26H,18H2,1-2H3,(H2,36,37,38,39,40). The van der Waals surface area contributed by atoms with Crippen LogP contribution >= 0.6 is 0 Å². The molecular weight excluding hydrogens is 498 g/mol. The average Bonchev–Trinajstić information content (AvgIpc) is 3.46. The van der Waals surface area contributed by atoms with Crippen LogP contribution < -0.4 is 5.32 Å². The van der Waals surface area contributed by atoms with Crippen molar-refractivity contribution in [1.82, 2.24) is 25.1 Å². The number of pyridine rings is 2. The zero-order valence-corrected chi connectivity index (χ0v) is 22.2. The molecule has 0 saturated heterocycles. The van der Waals surface area contributed by atoms with Crippen LogP contribution in [0.15, 0.2) is 96.4 Å². The van der Waals surface area contributed by atoms with Crippen molar-refractivity contribution in [3.63, 3.8) is 0 Å². The first-order valence-electron chi connectivity index (χ1n) is 13.3. The molecule has 40 heavy (non-hydrogen) atoms. The molecule has 5 aromatic rings. The number of carbonyl (C=O) groups excluding carboxylic acids is 1. The van der Waals surface area contributed by atoms with Crippen molar-refractivity contribution in [1.29, 1.82) is 0 Å². The molecule has 3 heterocycles. The highest BCUT2D eigenvalue weighted by atomic mass is 16.2. The lowest BCUT2D eigenvalue weighted by Crippen LogP contribution is -2.55. The van der Waals surface area contributed by atoms with Gasteiger partial charge in [0.1, 0.15) is 0 Å². The van der Waals surface area contributed by atoms with Gasteiger partial charge >= 0.3 is 0 Å². The maximum absolute atomic E-state index is 14.2. The molecule has 0 aliphatic heterocycles. The van der Waals surface area contributed by atoms with Gasteiger partial charge in [0.05, 0.1) is 16.5 Å². The normalized spacial score (nSPS) is 22.6. The maximum Gasteiger partial charge on any atom is 0.249 e. The van der Waals surface area contributed by atoms with Gasteiger partial charge in [-0.1, -0.05) is 54.6 Å². The van der Waals surface area contributed by atoms with Crippen LogP contribution in [0.25, 0.3) is 22.5 Å². The quantitative estimate of drug-likeness (QED) is 0.298. The largest absolute Gasteiger partial charge is 0.299 e. The predicted octanol–water partition coefficient (Wildman–Crippen LogP) is 5.41. The van der Waals surface area contributed by atoms with E-state index in [9.17, 15) is 4.79 Å². The highest BCUT2D eigenvalue weighted by molar-refractivity contribution is 5.98. The first-order valence-corrected chi connectivity index (χ1v) is 13.3. The van der Waals surface area contributed by atoms with Gasteiger partial charge in [0.25, 0.3) is 0 Å². The highest BCUT2D eigenvalue weighted by Crippen LogP contribution is 2.62. The number of hydrogen-bond acceptors (Lipinski definition) is 6. The number of rotatable bonds is 5. The summed E-state index contributed by atoms with van der Waals surface area (Å²) >= 11 is 0. The van der Waals surface area contributed by atoms with Crippen molar-refractivity contribution in [3.05, 3.63) is 114 Å². The minimum atomic E-state index is -0.785. The smallest absolute Gasteiger partial charge is 0.249 e. The van der Waals surface area contributed by atoms with Crippen LogP contribution in [-0.4, -0.2) is 44.3 Å². The van der Waals surface area contributed by atoms with Crippen LogP contribution in [0, 0.1) is 5.41 Å². The van der Waals surface area contributed by atoms with E-state index in [2.05, 4.69) is 48.7 Å². The second kappa shape index (κ2) is 9.05. The summed E-state index contributed by atoms with van der Waals surface area (Å²) in [5.74, 6) is 0.525. The van der Waals surface area contributed by atoms with Crippen molar-refractivity contribution in [2.24, 2.45) is 10.4 Å².